The summed E-state index contributed by atoms with van der Waals surface area (Å²) in [4.78, 5) is 23.1. The SMILES string of the molecule is O=Cc1ccc(C2(C(=O)O)CCCCC2)c2c1OCCO2. The average Bonchev–Trinajstić information content (AvgIpc) is 2.54. The van der Waals surface area contributed by atoms with E-state index in [1.807, 2.05) is 0 Å². The van der Waals surface area contributed by atoms with Crippen molar-refractivity contribution in [1.29, 1.82) is 0 Å². The third kappa shape index (κ3) is 2.17. The molecule has 1 N–H and O–H groups in total. The number of carboxylic acids is 1. The van der Waals surface area contributed by atoms with Gasteiger partial charge in [0.25, 0.3) is 0 Å². The van der Waals surface area contributed by atoms with Crippen LogP contribution in [0.4, 0.5) is 0 Å². The molecule has 0 amide bonds. The molecule has 0 saturated heterocycles. The summed E-state index contributed by atoms with van der Waals surface area (Å²) in [6, 6.07) is 3.35. The zero-order valence-corrected chi connectivity index (χ0v) is 11.8. The van der Waals surface area contributed by atoms with E-state index < -0.39 is 11.4 Å². The highest BCUT2D eigenvalue weighted by molar-refractivity contribution is 5.87. The number of carbonyl (C=O) groups excluding carboxylic acids is 1. The van der Waals surface area contributed by atoms with Gasteiger partial charge < -0.3 is 14.6 Å². The van der Waals surface area contributed by atoms with Crippen LogP contribution in [0.3, 0.4) is 0 Å². The van der Waals surface area contributed by atoms with Crippen LogP contribution in [0.25, 0.3) is 0 Å². The number of hydrogen-bond donors (Lipinski definition) is 1. The predicted molar refractivity (Wildman–Crippen MR) is 75.2 cm³/mol. The maximum atomic E-state index is 12.0. The van der Waals surface area contributed by atoms with Crippen molar-refractivity contribution in [2.45, 2.75) is 37.5 Å². The van der Waals surface area contributed by atoms with Gasteiger partial charge in [-0.2, -0.15) is 0 Å². The molecule has 1 aromatic rings. The molecule has 0 atom stereocenters. The number of rotatable bonds is 3. The molecular weight excluding hydrogens is 272 g/mol. The summed E-state index contributed by atoms with van der Waals surface area (Å²) in [6.45, 7) is 0.745. The number of aldehydes is 1. The Kier molecular flexibility index (Phi) is 3.57. The molecule has 5 heteroatoms. The van der Waals surface area contributed by atoms with Gasteiger partial charge in [0.05, 0.1) is 11.0 Å². The van der Waals surface area contributed by atoms with Gasteiger partial charge in [-0.05, 0) is 18.9 Å². The molecule has 0 unspecified atom stereocenters. The van der Waals surface area contributed by atoms with Crippen molar-refractivity contribution in [3.63, 3.8) is 0 Å². The first kappa shape index (κ1) is 13.9. The minimum atomic E-state index is -0.926. The molecule has 0 spiro atoms. The Bertz CT molecular complexity index is 572. The van der Waals surface area contributed by atoms with Crippen molar-refractivity contribution in [2.24, 2.45) is 0 Å². The lowest BCUT2D eigenvalue weighted by Gasteiger charge is -2.36. The van der Waals surface area contributed by atoms with Gasteiger partial charge in [-0.25, -0.2) is 0 Å². The summed E-state index contributed by atoms with van der Waals surface area (Å²) in [7, 11) is 0. The Morgan fingerprint density at radius 2 is 1.76 bits per heavy atom. The monoisotopic (exact) mass is 290 g/mol. The van der Waals surface area contributed by atoms with Gasteiger partial charge in [0.1, 0.15) is 13.2 Å². The van der Waals surface area contributed by atoms with Gasteiger partial charge in [0.15, 0.2) is 17.8 Å². The van der Waals surface area contributed by atoms with Crippen molar-refractivity contribution in [2.75, 3.05) is 13.2 Å². The van der Waals surface area contributed by atoms with Crippen LogP contribution in [0.2, 0.25) is 0 Å². The summed E-state index contributed by atoms with van der Waals surface area (Å²) in [5.74, 6) is 0.00697. The third-order valence-electron chi connectivity index (χ3n) is 4.48. The molecule has 0 aromatic heterocycles. The summed E-state index contributed by atoms with van der Waals surface area (Å²) < 4.78 is 11.2. The molecule has 1 saturated carbocycles. The third-order valence-corrected chi connectivity index (χ3v) is 4.48. The quantitative estimate of drug-likeness (QED) is 0.866. The Morgan fingerprint density at radius 1 is 1.10 bits per heavy atom. The van der Waals surface area contributed by atoms with E-state index in [0.29, 0.717) is 55.0 Å². The summed E-state index contributed by atoms with van der Waals surface area (Å²) in [5.41, 5.74) is 0.129. The van der Waals surface area contributed by atoms with Crippen molar-refractivity contribution in [1.82, 2.24) is 0 Å². The molecule has 1 aliphatic heterocycles. The van der Waals surface area contributed by atoms with Crippen LogP contribution in [-0.2, 0) is 10.2 Å². The summed E-state index contributed by atoms with van der Waals surface area (Å²) >= 11 is 0. The van der Waals surface area contributed by atoms with Crippen molar-refractivity contribution in [3.05, 3.63) is 23.3 Å². The van der Waals surface area contributed by atoms with Crippen molar-refractivity contribution in [3.8, 4) is 11.5 Å². The standard InChI is InChI=1S/C16H18O5/c17-10-11-4-5-12(14-13(11)20-8-9-21-14)16(15(18)19)6-2-1-3-7-16/h4-5,10H,1-3,6-9H2,(H,18,19). The number of hydrogen-bond acceptors (Lipinski definition) is 4. The fraction of sp³-hybridized carbons (Fsp3) is 0.500. The second kappa shape index (κ2) is 5.39. The second-order valence-corrected chi connectivity index (χ2v) is 5.62. The lowest BCUT2D eigenvalue weighted by Crippen LogP contribution is -2.38. The highest BCUT2D eigenvalue weighted by Crippen LogP contribution is 2.48. The van der Waals surface area contributed by atoms with E-state index in [-0.39, 0.29) is 0 Å². The Labute approximate surface area is 122 Å². The normalized spacial score (nSPS) is 19.8. The van der Waals surface area contributed by atoms with Crippen LogP contribution >= 0.6 is 0 Å². The molecular formula is C16H18O5. The van der Waals surface area contributed by atoms with Crippen LogP contribution in [0, 0.1) is 0 Å². The Hall–Kier alpha value is -2.04. The Balaban J connectivity index is 2.16. The number of fused-ring (bicyclic) bond motifs is 1. The minimum absolute atomic E-state index is 0.372. The van der Waals surface area contributed by atoms with Gasteiger partial charge in [0, 0.05) is 5.56 Å². The first-order valence-electron chi connectivity index (χ1n) is 7.31. The van der Waals surface area contributed by atoms with E-state index in [2.05, 4.69) is 0 Å². The van der Waals surface area contributed by atoms with E-state index in [0.717, 1.165) is 19.3 Å². The minimum Gasteiger partial charge on any atom is -0.486 e. The molecule has 0 radical (unpaired) electrons. The van der Waals surface area contributed by atoms with Crippen molar-refractivity contribution >= 4 is 12.3 Å². The van der Waals surface area contributed by atoms with E-state index in [1.54, 1.807) is 12.1 Å². The van der Waals surface area contributed by atoms with Crippen LogP contribution in [0.1, 0.15) is 48.0 Å². The van der Waals surface area contributed by atoms with Gasteiger partial charge in [0.2, 0.25) is 0 Å². The molecule has 21 heavy (non-hydrogen) atoms. The van der Waals surface area contributed by atoms with Crippen LogP contribution in [-0.4, -0.2) is 30.6 Å². The molecule has 1 aromatic carbocycles. The molecule has 1 heterocycles. The van der Waals surface area contributed by atoms with Gasteiger partial charge in [-0.3, -0.25) is 9.59 Å². The zero-order valence-electron chi connectivity index (χ0n) is 11.8. The average molecular weight is 290 g/mol. The molecule has 1 aliphatic carbocycles. The maximum absolute atomic E-state index is 12.0. The van der Waals surface area contributed by atoms with E-state index in [1.165, 1.54) is 0 Å². The highest BCUT2D eigenvalue weighted by atomic mass is 16.6. The number of benzene rings is 1. The van der Waals surface area contributed by atoms with E-state index in [9.17, 15) is 14.7 Å². The molecule has 0 bridgehead atoms. The lowest BCUT2D eigenvalue weighted by atomic mass is 9.69. The number of carboxylic acid groups (broad SMARTS) is 1. The first-order valence-corrected chi connectivity index (χ1v) is 7.31. The molecule has 2 aliphatic rings. The predicted octanol–water partition coefficient (Wildman–Crippen LogP) is 2.56. The largest absolute Gasteiger partial charge is 0.486 e. The van der Waals surface area contributed by atoms with Gasteiger partial charge in [-0.15, -0.1) is 0 Å². The fourth-order valence-corrected chi connectivity index (χ4v) is 3.38. The fourth-order valence-electron chi connectivity index (χ4n) is 3.38. The summed E-state index contributed by atoms with van der Waals surface area (Å²) in [6.07, 6.45) is 4.73. The molecule has 3 rings (SSSR count). The maximum Gasteiger partial charge on any atom is 0.314 e. The van der Waals surface area contributed by atoms with Crippen LogP contribution in [0.15, 0.2) is 12.1 Å². The molecule has 112 valence electrons. The number of aliphatic carboxylic acids is 1. The van der Waals surface area contributed by atoms with E-state index >= 15 is 0 Å². The summed E-state index contributed by atoms with van der Waals surface area (Å²) in [5, 5.41) is 9.80. The van der Waals surface area contributed by atoms with Gasteiger partial charge >= 0.3 is 5.97 Å². The lowest BCUT2D eigenvalue weighted by molar-refractivity contribution is -0.145. The van der Waals surface area contributed by atoms with Gasteiger partial charge in [-0.1, -0.05) is 25.3 Å². The highest BCUT2D eigenvalue weighted by Gasteiger charge is 2.44. The first-order chi connectivity index (χ1) is 10.2. The number of ether oxygens (including phenoxy) is 2. The van der Waals surface area contributed by atoms with E-state index in [4.69, 9.17) is 9.47 Å². The Morgan fingerprint density at radius 3 is 2.38 bits per heavy atom. The van der Waals surface area contributed by atoms with Crippen molar-refractivity contribution < 1.29 is 24.2 Å². The molecule has 5 nitrogen and oxygen atoms in total. The van der Waals surface area contributed by atoms with Crippen LogP contribution in [0.5, 0.6) is 11.5 Å². The molecule has 1 fully saturated rings. The number of carbonyl (C=O) groups is 2. The zero-order chi connectivity index (χ0) is 14.9. The topological polar surface area (TPSA) is 72.8 Å². The smallest absolute Gasteiger partial charge is 0.314 e. The van der Waals surface area contributed by atoms with Crippen LogP contribution < -0.4 is 9.47 Å². The second-order valence-electron chi connectivity index (χ2n) is 5.62.